The minimum Gasteiger partial charge on any atom is -0.353 e. The van der Waals surface area contributed by atoms with Crippen LogP contribution in [0.1, 0.15) is 32.3 Å². The number of thioether (sulfide) groups is 1. The maximum atomic E-state index is 13.2. The number of carbonyl (C=O) groups is 1. The lowest BCUT2D eigenvalue weighted by Crippen LogP contribution is -2.34. The van der Waals surface area contributed by atoms with Crippen molar-refractivity contribution in [1.29, 1.82) is 0 Å². The standard InChI is InChI=1S/C22H25N3O2S/c1-4-8-16(3)23-20(26)14-28-22-24-19-12-6-5-11-18(19)21(27)25(22)17-10-7-9-15(2)13-17/h5-7,9-13,16H,4,8,14H2,1-3H3,(H,23,26)/t16-/m1/s1. The Bertz CT molecular complexity index is 1050. The van der Waals surface area contributed by atoms with E-state index in [1.54, 1.807) is 10.6 Å². The van der Waals surface area contributed by atoms with Gasteiger partial charge in [0.05, 0.1) is 22.3 Å². The largest absolute Gasteiger partial charge is 0.353 e. The van der Waals surface area contributed by atoms with E-state index in [-0.39, 0.29) is 23.3 Å². The summed E-state index contributed by atoms with van der Waals surface area (Å²) in [6.45, 7) is 6.08. The third-order valence-corrected chi connectivity index (χ3v) is 5.40. The van der Waals surface area contributed by atoms with Crippen LogP contribution >= 0.6 is 11.8 Å². The van der Waals surface area contributed by atoms with Crippen molar-refractivity contribution in [3.63, 3.8) is 0 Å². The first-order chi connectivity index (χ1) is 13.5. The van der Waals surface area contributed by atoms with Gasteiger partial charge in [-0.3, -0.25) is 14.2 Å². The van der Waals surface area contributed by atoms with Crippen molar-refractivity contribution in [1.82, 2.24) is 14.9 Å². The van der Waals surface area contributed by atoms with Crippen molar-refractivity contribution < 1.29 is 4.79 Å². The first-order valence-corrected chi connectivity index (χ1v) is 10.5. The predicted octanol–water partition coefficient (Wildman–Crippen LogP) is 4.09. The monoisotopic (exact) mass is 395 g/mol. The Morgan fingerprint density at radius 2 is 2.00 bits per heavy atom. The Kier molecular flexibility index (Phi) is 6.52. The molecule has 3 rings (SSSR count). The Hall–Kier alpha value is -2.60. The van der Waals surface area contributed by atoms with E-state index in [0.29, 0.717) is 16.1 Å². The van der Waals surface area contributed by atoms with Crippen molar-refractivity contribution >= 4 is 28.6 Å². The number of benzene rings is 2. The average Bonchev–Trinajstić information content (AvgIpc) is 2.66. The van der Waals surface area contributed by atoms with Crippen molar-refractivity contribution in [3.8, 4) is 5.69 Å². The summed E-state index contributed by atoms with van der Waals surface area (Å²) in [5, 5.41) is 4.08. The van der Waals surface area contributed by atoms with Gasteiger partial charge in [0.2, 0.25) is 5.91 Å². The third kappa shape index (κ3) is 4.62. The fraction of sp³-hybridized carbons (Fsp3) is 0.318. The number of hydrogen-bond donors (Lipinski definition) is 1. The number of carbonyl (C=O) groups excluding carboxylic acids is 1. The second kappa shape index (κ2) is 9.06. The zero-order chi connectivity index (χ0) is 20.1. The van der Waals surface area contributed by atoms with Crippen LogP contribution in [0.4, 0.5) is 0 Å². The minimum atomic E-state index is -0.126. The van der Waals surface area contributed by atoms with Gasteiger partial charge in [-0.1, -0.05) is 49.4 Å². The molecular formula is C22H25N3O2S. The minimum absolute atomic E-state index is 0.0517. The molecule has 0 fully saturated rings. The Labute approximate surface area is 169 Å². The molecule has 0 aliphatic carbocycles. The second-order valence-corrected chi connectivity index (χ2v) is 7.88. The van der Waals surface area contributed by atoms with Gasteiger partial charge in [-0.2, -0.15) is 0 Å². The Morgan fingerprint density at radius 1 is 1.21 bits per heavy atom. The molecule has 5 nitrogen and oxygen atoms in total. The summed E-state index contributed by atoms with van der Waals surface area (Å²) in [4.78, 5) is 30.2. The second-order valence-electron chi connectivity index (χ2n) is 6.94. The third-order valence-electron chi connectivity index (χ3n) is 4.47. The summed E-state index contributed by atoms with van der Waals surface area (Å²) in [7, 11) is 0. The zero-order valence-electron chi connectivity index (χ0n) is 16.4. The van der Waals surface area contributed by atoms with E-state index in [4.69, 9.17) is 0 Å². The first kappa shape index (κ1) is 20.1. The van der Waals surface area contributed by atoms with Gasteiger partial charge in [-0.25, -0.2) is 4.98 Å². The van der Waals surface area contributed by atoms with E-state index in [0.717, 1.165) is 24.1 Å². The van der Waals surface area contributed by atoms with Crippen LogP contribution in [0.2, 0.25) is 0 Å². The number of hydrogen-bond acceptors (Lipinski definition) is 4. The molecular weight excluding hydrogens is 370 g/mol. The number of fused-ring (bicyclic) bond motifs is 1. The number of aromatic nitrogens is 2. The van der Waals surface area contributed by atoms with Crippen LogP contribution in [0, 0.1) is 6.92 Å². The molecule has 0 bridgehead atoms. The molecule has 0 radical (unpaired) electrons. The van der Waals surface area contributed by atoms with Gasteiger partial charge in [0, 0.05) is 6.04 Å². The summed E-state index contributed by atoms with van der Waals surface area (Å²) in [6, 6.07) is 15.2. The van der Waals surface area contributed by atoms with Crippen LogP contribution in [0.25, 0.3) is 16.6 Å². The molecule has 0 aliphatic rings. The smallest absolute Gasteiger partial charge is 0.266 e. The summed E-state index contributed by atoms with van der Waals surface area (Å²) >= 11 is 1.28. The zero-order valence-corrected chi connectivity index (χ0v) is 17.3. The van der Waals surface area contributed by atoms with E-state index >= 15 is 0 Å². The van der Waals surface area contributed by atoms with Crippen molar-refractivity contribution in [2.24, 2.45) is 0 Å². The molecule has 1 heterocycles. The normalized spacial score (nSPS) is 12.1. The van der Waals surface area contributed by atoms with Gasteiger partial charge in [-0.05, 0) is 50.1 Å². The van der Waals surface area contributed by atoms with Gasteiger partial charge < -0.3 is 5.32 Å². The molecule has 0 unspecified atom stereocenters. The average molecular weight is 396 g/mol. The van der Waals surface area contributed by atoms with E-state index in [2.05, 4.69) is 17.2 Å². The summed E-state index contributed by atoms with van der Waals surface area (Å²) in [6.07, 6.45) is 1.96. The topological polar surface area (TPSA) is 64.0 Å². The molecule has 2 aromatic carbocycles. The maximum absolute atomic E-state index is 13.2. The van der Waals surface area contributed by atoms with Crippen molar-refractivity contribution in [2.45, 2.75) is 44.8 Å². The fourth-order valence-electron chi connectivity index (χ4n) is 3.16. The molecule has 0 spiro atoms. The van der Waals surface area contributed by atoms with Crippen LogP contribution in [0.15, 0.2) is 58.5 Å². The highest BCUT2D eigenvalue weighted by Gasteiger charge is 2.15. The van der Waals surface area contributed by atoms with Crippen LogP contribution < -0.4 is 10.9 Å². The van der Waals surface area contributed by atoms with Crippen LogP contribution in [-0.4, -0.2) is 27.3 Å². The van der Waals surface area contributed by atoms with Crippen molar-refractivity contribution in [2.75, 3.05) is 5.75 Å². The van der Waals surface area contributed by atoms with Crippen molar-refractivity contribution in [3.05, 3.63) is 64.4 Å². The molecule has 1 aromatic heterocycles. The van der Waals surface area contributed by atoms with Gasteiger partial charge >= 0.3 is 0 Å². The number of para-hydroxylation sites is 1. The molecule has 0 aliphatic heterocycles. The van der Waals surface area contributed by atoms with Gasteiger partial charge in [0.15, 0.2) is 5.16 Å². The molecule has 1 amide bonds. The lowest BCUT2D eigenvalue weighted by atomic mass is 10.2. The fourth-order valence-corrected chi connectivity index (χ4v) is 3.98. The highest BCUT2D eigenvalue weighted by atomic mass is 32.2. The first-order valence-electron chi connectivity index (χ1n) is 9.50. The number of rotatable bonds is 7. The number of nitrogens with one attached hydrogen (secondary N) is 1. The van der Waals surface area contributed by atoms with Gasteiger partial charge in [0.25, 0.3) is 5.56 Å². The molecule has 6 heteroatoms. The highest BCUT2D eigenvalue weighted by Crippen LogP contribution is 2.21. The number of amides is 1. The van der Waals surface area contributed by atoms with Crippen LogP contribution in [-0.2, 0) is 4.79 Å². The Morgan fingerprint density at radius 3 is 2.75 bits per heavy atom. The van der Waals surface area contributed by atoms with E-state index in [9.17, 15) is 9.59 Å². The van der Waals surface area contributed by atoms with E-state index in [1.165, 1.54) is 11.8 Å². The molecule has 0 saturated heterocycles. The SMILES string of the molecule is CCC[C@@H](C)NC(=O)CSc1nc2ccccc2c(=O)n1-c1cccc(C)c1. The van der Waals surface area contributed by atoms with E-state index in [1.807, 2.05) is 56.3 Å². The maximum Gasteiger partial charge on any atom is 0.266 e. The molecule has 1 N–H and O–H groups in total. The van der Waals surface area contributed by atoms with Gasteiger partial charge in [-0.15, -0.1) is 0 Å². The lowest BCUT2D eigenvalue weighted by molar-refractivity contribution is -0.119. The molecule has 1 atom stereocenters. The van der Waals surface area contributed by atoms with Gasteiger partial charge in [0.1, 0.15) is 0 Å². The predicted molar refractivity (Wildman–Crippen MR) is 115 cm³/mol. The van der Waals surface area contributed by atoms with E-state index < -0.39 is 0 Å². The molecule has 146 valence electrons. The molecule has 0 saturated carbocycles. The molecule has 28 heavy (non-hydrogen) atoms. The van der Waals surface area contributed by atoms with Crippen LogP contribution in [0.3, 0.4) is 0 Å². The summed E-state index contributed by atoms with van der Waals surface area (Å²) in [5.74, 6) is 0.161. The Balaban J connectivity index is 1.97. The quantitative estimate of drug-likeness (QED) is 0.483. The summed E-state index contributed by atoms with van der Waals surface area (Å²) in [5.41, 5.74) is 2.32. The van der Waals surface area contributed by atoms with Crippen LogP contribution in [0.5, 0.6) is 0 Å². The number of aryl methyl sites for hydroxylation is 1. The molecule has 3 aromatic rings. The number of nitrogens with zero attached hydrogens (tertiary/aromatic N) is 2. The highest BCUT2D eigenvalue weighted by molar-refractivity contribution is 7.99. The lowest BCUT2D eigenvalue weighted by Gasteiger charge is -2.15. The summed E-state index contributed by atoms with van der Waals surface area (Å²) < 4.78 is 1.60.